The second-order valence-electron chi connectivity index (χ2n) is 4.93. The first-order valence-electron chi connectivity index (χ1n) is 6.97. The summed E-state index contributed by atoms with van der Waals surface area (Å²) in [6, 6.07) is 5.26. The molecule has 0 aliphatic heterocycles. The molecule has 0 aliphatic rings. The van der Waals surface area contributed by atoms with Gasteiger partial charge in [-0.1, -0.05) is 32.6 Å². The number of rotatable bonds is 6. The lowest BCUT2D eigenvalue weighted by Gasteiger charge is -2.06. The largest absolute Gasteiger partial charge is 0.399 e. The highest BCUT2D eigenvalue weighted by Crippen LogP contribution is 2.11. The number of hydrogen-bond acceptors (Lipinski definition) is 3. The first-order valence-corrected chi connectivity index (χ1v) is 6.97. The number of unbranched alkanes of at least 4 members (excludes halogenated alkanes) is 4. The molecule has 0 saturated carbocycles. The maximum Gasteiger partial charge on any atom is 0.261 e. The monoisotopic (exact) mass is 259 g/mol. The molecule has 0 amide bonds. The molecular weight excluding hydrogens is 238 g/mol. The molecule has 1 heterocycles. The minimum atomic E-state index is 0.00721. The van der Waals surface area contributed by atoms with Crippen LogP contribution in [0.2, 0.25) is 0 Å². The molecule has 0 radical (unpaired) electrons. The van der Waals surface area contributed by atoms with Crippen LogP contribution in [0.4, 0.5) is 5.69 Å². The van der Waals surface area contributed by atoms with E-state index in [0.717, 1.165) is 19.4 Å². The van der Waals surface area contributed by atoms with Crippen molar-refractivity contribution in [2.24, 2.45) is 0 Å². The zero-order valence-electron chi connectivity index (χ0n) is 11.4. The second-order valence-corrected chi connectivity index (χ2v) is 4.93. The van der Waals surface area contributed by atoms with Gasteiger partial charge in [-0.25, -0.2) is 4.98 Å². The van der Waals surface area contributed by atoms with Crippen LogP contribution in [-0.2, 0) is 6.54 Å². The molecule has 0 atom stereocenters. The summed E-state index contributed by atoms with van der Waals surface area (Å²) < 4.78 is 1.69. The van der Waals surface area contributed by atoms with Gasteiger partial charge in [-0.15, -0.1) is 0 Å². The Morgan fingerprint density at radius 1 is 1.21 bits per heavy atom. The molecule has 2 N–H and O–H groups in total. The molecule has 102 valence electrons. The molecule has 2 aromatic rings. The summed E-state index contributed by atoms with van der Waals surface area (Å²) in [5, 5.41) is 0.607. The summed E-state index contributed by atoms with van der Waals surface area (Å²) in [4.78, 5) is 16.6. The highest BCUT2D eigenvalue weighted by molar-refractivity contribution is 5.80. The molecule has 0 aliphatic carbocycles. The number of nitrogen functional groups attached to an aromatic ring is 1. The molecule has 1 aromatic heterocycles. The Labute approximate surface area is 113 Å². The summed E-state index contributed by atoms with van der Waals surface area (Å²) in [6.07, 6.45) is 7.56. The predicted molar refractivity (Wildman–Crippen MR) is 79.2 cm³/mol. The van der Waals surface area contributed by atoms with Gasteiger partial charge < -0.3 is 5.73 Å². The van der Waals surface area contributed by atoms with Crippen LogP contribution in [0.3, 0.4) is 0 Å². The molecule has 1 aromatic carbocycles. The molecule has 0 bridgehead atoms. The van der Waals surface area contributed by atoms with E-state index in [4.69, 9.17) is 5.73 Å². The van der Waals surface area contributed by atoms with Crippen molar-refractivity contribution in [3.63, 3.8) is 0 Å². The van der Waals surface area contributed by atoms with E-state index >= 15 is 0 Å². The number of benzene rings is 1. The summed E-state index contributed by atoms with van der Waals surface area (Å²) >= 11 is 0. The van der Waals surface area contributed by atoms with E-state index in [-0.39, 0.29) is 5.56 Å². The van der Waals surface area contributed by atoms with E-state index in [2.05, 4.69) is 11.9 Å². The lowest BCUT2D eigenvalue weighted by Crippen LogP contribution is -2.20. The fourth-order valence-corrected chi connectivity index (χ4v) is 2.22. The smallest absolute Gasteiger partial charge is 0.261 e. The maximum atomic E-state index is 12.3. The summed E-state index contributed by atoms with van der Waals surface area (Å²) in [6.45, 7) is 2.93. The number of nitrogens with zero attached hydrogens (tertiary/aromatic N) is 2. The average Bonchev–Trinajstić information content (AvgIpc) is 2.41. The van der Waals surface area contributed by atoms with E-state index < -0.39 is 0 Å². The fraction of sp³-hybridized carbons (Fsp3) is 0.467. The van der Waals surface area contributed by atoms with Crippen LogP contribution in [0.5, 0.6) is 0 Å². The van der Waals surface area contributed by atoms with Gasteiger partial charge in [-0.05, 0) is 24.6 Å². The molecule has 4 heteroatoms. The highest BCUT2D eigenvalue weighted by Gasteiger charge is 2.04. The third kappa shape index (κ3) is 3.34. The Bertz CT molecular complexity index is 604. The van der Waals surface area contributed by atoms with Gasteiger partial charge in [0.2, 0.25) is 0 Å². The van der Waals surface area contributed by atoms with Crippen LogP contribution in [0.25, 0.3) is 10.9 Å². The van der Waals surface area contributed by atoms with Crippen LogP contribution in [0, 0.1) is 0 Å². The molecule has 4 nitrogen and oxygen atoms in total. The minimum Gasteiger partial charge on any atom is -0.399 e. The predicted octanol–water partition coefficient (Wildman–Crippen LogP) is 2.95. The summed E-state index contributed by atoms with van der Waals surface area (Å²) in [5.41, 5.74) is 7.04. The van der Waals surface area contributed by atoms with Gasteiger partial charge in [0.1, 0.15) is 0 Å². The van der Waals surface area contributed by atoms with Gasteiger partial charge in [-0.2, -0.15) is 0 Å². The maximum absolute atomic E-state index is 12.3. The number of aryl methyl sites for hydroxylation is 1. The third-order valence-corrected chi connectivity index (χ3v) is 3.35. The molecule has 0 unspecified atom stereocenters. The van der Waals surface area contributed by atoms with E-state index in [1.165, 1.54) is 19.3 Å². The zero-order chi connectivity index (χ0) is 13.7. The Balaban J connectivity index is 2.11. The van der Waals surface area contributed by atoms with Crippen molar-refractivity contribution in [1.82, 2.24) is 9.55 Å². The van der Waals surface area contributed by atoms with Gasteiger partial charge in [0.05, 0.1) is 17.2 Å². The van der Waals surface area contributed by atoms with E-state index in [1.54, 1.807) is 29.1 Å². The van der Waals surface area contributed by atoms with E-state index in [1.807, 2.05) is 0 Å². The molecule has 19 heavy (non-hydrogen) atoms. The minimum absolute atomic E-state index is 0.00721. The van der Waals surface area contributed by atoms with Crippen molar-refractivity contribution in [3.05, 3.63) is 34.9 Å². The molecular formula is C15H21N3O. The Morgan fingerprint density at radius 2 is 2.00 bits per heavy atom. The van der Waals surface area contributed by atoms with E-state index in [9.17, 15) is 4.79 Å². The lowest BCUT2D eigenvalue weighted by atomic mass is 10.1. The topological polar surface area (TPSA) is 60.9 Å². The first-order chi connectivity index (χ1) is 9.22. The molecule has 0 fully saturated rings. The second kappa shape index (κ2) is 6.36. The fourth-order valence-electron chi connectivity index (χ4n) is 2.22. The SMILES string of the molecule is CCCCCCCn1cnc2ccc(N)cc2c1=O. The lowest BCUT2D eigenvalue weighted by molar-refractivity contribution is 0.556. The Hall–Kier alpha value is -1.84. The standard InChI is InChI=1S/C15H21N3O/c1-2-3-4-5-6-9-18-11-17-14-8-7-12(16)10-13(14)15(18)19/h7-8,10-11H,2-6,9,16H2,1H3. The van der Waals surface area contributed by atoms with Crippen LogP contribution in [0.1, 0.15) is 39.0 Å². The van der Waals surface area contributed by atoms with Crippen molar-refractivity contribution in [2.45, 2.75) is 45.6 Å². The number of aromatic nitrogens is 2. The third-order valence-electron chi connectivity index (χ3n) is 3.35. The van der Waals surface area contributed by atoms with Crippen molar-refractivity contribution in [3.8, 4) is 0 Å². The van der Waals surface area contributed by atoms with Gasteiger partial charge in [0, 0.05) is 12.2 Å². The normalized spacial score (nSPS) is 11.0. The number of anilines is 1. The van der Waals surface area contributed by atoms with Crippen LogP contribution in [-0.4, -0.2) is 9.55 Å². The van der Waals surface area contributed by atoms with Crippen molar-refractivity contribution < 1.29 is 0 Å². The highest BCUT2D eigenvalue weighted by atomic mass is 16.1. The molecule has 0 spiro atoms. The molecule has 2 rings (SSSR count). The van der Waals surface area contributed by atoms with Gasteiger partial charge >= 0.3 is 0 Å². The van der Waals surface area contributed by atoms with Crippen molar-refractivity contribution in [2.75, 3.05) is 5.73 Å². The number of fused-ring (bicyclic) bond motifs is 1. The van der Waals surface area contributed by atoms with Crippen molar-refractivity contribution in [1.29, 1.82) is 0 Å². The van der Waals surface area contributed by atoms with Crippen molar-refractivity contribution >= 4 is 16.6 Å². The average molecular weight is 259 g/mol. The van der Waals surface area contributed by atoms with Crippen LogP contribution < -0.4 is 11.3 Å². The Morgan fingerprint density at radius 3 is 2.79 bits per heavy atom. The van der Waals surface area contributed by atoms with Gasteiger partial charge in [0.15, 0.2) is 0 Å². The summed E-state index contributed by atoms with van der Waals surface area (Å²) in [5.74, 6) is 0. The number of hydrogen-bond donors (Lipinski definition) is 1. The van der Waals surface area contributed by atoms with Gasteiger partial charge in [-0.3, -0.25) is 9.36 Å². The zero-order valence-corrected chi connectivity index (χ0v) is 11.4. The van der Waals surface area contributed by atoms with Gasteiger partial charge in [0.25, 0.3) is 5.56 Å². The molecule has 0 saturated heterocycles. The Kier molecular flexibility index (Phi) is 4.55. The number of nitrogens with two attached hydrogens (primary N) is 1. The van der Waals surface area contributed by atoms with Crippen LogP contribution >= 0.6 is 0 Å². The van der Waals surface area contributed by atoms with E-state index in [0.29, 0.717) is 16.6 Å². The van der Waals surface area contributed by atoms with Crippen LogP contribution in [0.15, 0.2) is 29.3 Å². The quantitative estimate of drug-likeness (QED) is 0.641. The first kappa shape index (κ1) is 13.6. The summed E-state index contributed by atoms with van der Waals surface area (Å²) in [7, 11) is 0.